The third-order valence-corrected chi connectivity index (χ3v) is 6.98. The highest BCUT2D eigenvalue weighted by Gasteiger charge is 2.48. The first kappa shape index (κ1) is 22.8. The summed E-state index contributed by atoms with van der Waals surface area (Å²) in [7, 11) is 0. The summed E-state index contributed by atoms with van der Waals surface area (Å²) < 4.78 is 15.1. The average Bonchev–Trinajstić information content (AvgIpc) is 3.85. The van der Waals surface area contributed by atoms with Crippen molar-refractivity contribution in [2.24, 2.45) is 0 Å². The van der Waals surface area contributed by atoms with Gasteiger partial charge in [-0.3, -0.25) is 0 Å². The molecule has 0 aromatic heterocycles. The van der Waals surface area contributed by atoms with Crippen LogP contribution < -0.4 is 0 Å². The van der Waals surface area contributed by atoms with Crippen molar-refractivity contribution in [2.45, 2.75) is 17.6 Å². The Bertz CT molecular complexity index is 1270. The van der Waals surface area contributed by atoms with E-state index in [1.54, 1.807) is 12.1 Å². The van der Waals surface area contributed by atoms with E-state index in [1.807, 2.05) is 60.7 Å². The number of ether oxygens (including phenoxy) is 3. The molecule has 0 amide bonds. The molecule has 182 valence electrons. The summed E-state index contributed by atoms with van der Waals surface area (Å²) in [5, 5.41) is 21.7. The average molecular weight is 481 g/mol. The topological polar surface area (TPSA) is 74.8 Å². The SMILES string of the molecule is C(OCC1CO1)C1CO1.Oc1ccccc1C1(c2ccccc2O)c2ccccc2-c2ccccc21. The molecule has 4 aromatic rings. The van der Waals surface area contributed by atoms with Gasteiger partial charge in [-0.05, 0) is 34.4 Å². The lowest BCUT2D eigenvalue weighted by Crippen LogP contribution is -2.28. The number of hydrogen-bond donors (Lipinski definition) is 2. The molecule has 2 heterocycles. The van der Waals surface area contributed by atoms with E-state index in [9.17, 15) is 10.2 Å². The molecule has 0 spiro atoms. The Hall–Kier alpha value is -3.64. The smallest absolute Gasteiger partial charge is 0.120 e. The van der Waals surface area contributed by atoms with Gasteiger partial charge >= 0.3 is 0 Å². The number of fused-ring (bicyclic) bond motifs is 3. The van der Waals surface area contributed by atoms with Crippen LogP contribution in [0.5, 0.6) is 11.5 Å². The lowest BCUT2D eigenvalue weighted by molar-refractivity contribution is 0.102. The second-order valence-corrected chi connectivity index (χ2v) is 9.32. The highest BCUT2D eigenvalue weighted by atomic mass is 16.6. The van der Waals surface area contributed by atoms with Crippen molar-refractivity contribution in [1.29, 1.82) is 0 Å². The van der Waals surface area contributed by atoms with E-state index in [1.165, 1.54) is 0 Å². The summed E-state index contributed by atoms with van der Waals surface area (Å²) >= 11 is 0. The van der Waals surface area contributed by atoms with E-state index in [-0.39, 0.29) is 11.5 Å². The second kappa shape index (κ2) is 9.43. The Balaban J connectivity index is 0.000000223. The molecule has 2 aliphatic heterocycles. The highest BCUT2D eigenvalue weighted by molar-refractivity contribution is 5.87. The van der Waals surface area contributed by atoms with Crippen LogP contribution in [0.2, 0.25) is 0 Å². The first-order valence-electron chi connectivity index (χ1n) is 12.3. The molecular weight excluding hydrogens is 452 g/mol. The first-order valence-corrected chi connectivity index (χ1v) is 12.3. The molecule has 36 heavy (non-hydrogen) atoms. The molecule has 1 aliphatic carbocycles. The fourth-order valence-electron chi connectivity index (χ4n) is 5.20. The summed E-state index contributed by atoms with van der Waals surface area (Å²) in [4.78, 5) is 0. The maximum Gasteiger partial charge on any atom is 0.120 e. The van der Waals surface area contributed by atoms with E-state index in [2.05, 4.69) is 24.3 Å². The number of hydrogen-bond acceptors (Lipinski definition) is 5. The van der Waals surface area contributed by atoms with Gasteiger partial charge in [0.25, 0.3) is 0 Å². The lowest BCUT2D eigenvalue weighted by atomic mass is 9.67. The van der Waals surface area contributed by atoms with E-state index < -0.39 is 5.41 Å². The summed E-state index contributed by atoms with van der Waals surface area (Å²) in [5.74, 6) is 0.430. The largest absolute Gasteiger partial charge is 0.508 e. The molecule has 5 heteroatoms. The molecule has 3 aliphatic rings. The summed E-state index contributed by atoms with van der Waals surface area (Å²) in [6.45, 7) is 3.26. The van der Waals surface area contributed by atoms with Gasteiger partial charge < -0.3 is 24.4 Å². The quantitative estimate of drug-likeness (QED) is 0.324. The van der Waals surface area contributed by atoms with Crippen molar-refractivity contribution >= 4 is 0 Å². The van der Waals surface area contributed by atoms with E-state index >= 15 is 0 Å². The van der Waals surface area contributed by atoms with Gasteiger partial charge in [0.05, 0.1) is 31.8 Å². The fraction of sp³-hybridized carbons (Fsp3) is 0.226. The molecule has 2 fully saturated rings. The molecule has 2 saturated heterocycles. The summed E-state index contributed by atoms with van der Waals surface area (Å²) in [5.41, 5.74) is 5.14. The third-order valence-electron chi connectivity index (χ3n) is 6.98. The van der Waals surface area contributed by atoms with Crippen molar-refractivity contribution in [3.8, 4) is 22.6 Å². The Kier molecular flexibility index (Phi) is 5.97. The zero-order valence-corrected chi connectivity index (χ0v) is 19.8. The van der Waals surface area contributed by atoms with Gasteiger partial charge in [-0.15, -0.1) is 0 Å². The predicted octanol–water partition coefficient (Wildman–Crippen LogP) is 5.26. The van der Waals surface area contributed by atoms with Crippen LogP contribution in [0.15, 0.2) is 97.1 Å². The molecule has 5 nitrogen and oxygen atoms in total. The summed E-state index contributed by atoms with van der Waals surface area (Å²) in [6, 6.07) is 31.3. The van der Waals surface area contributed by atoms with Gasteiger partial charge in [-0.2, -0.15) is 0 Å². The van der Waals surface area contributed by atoms with Crippen LogP contribution >= 0.6 is 0 Å². The van der Waals surface area contributed by atoms with E-state index in [0.717, 1.165) is 59.8 Å². The minimum absolute atomic E-state index is 0.215. The van der Waals surface area contributed by atoms with Gasteiger partial charge in [0.15, 0.2) is 0 Å². The van der Waals surface area contributed by atoms with Crippen LogP contribution in [-0.2, 0) is 19.6 Å². The number of para-hydroxylation sites is 2. The molecule has 0 bridgehead atoms. The lowest BCUT2D eigenvalue weighted by Gasteiger charge is -2.34. The van der Waals surface area contributed by atoms with Crippen LogP contribution in [0.25, 0.3) is 11.1 Å². The zero-order valence-electron chi connectivity index (χ0n) is 19.8. The van der Waals surface area contributed by atoms with Gasteiger partial charge in [-0.25, -0.2) is 0 Å². The van der Waals surface area contributed by atoms with Gasteiger partial charge in [-0.1, -0.05) is 84.9 Å². The highest BCUT2D eigenvalue weighted by Crippen LogP contribution is 2.58. The molecule has 0 saturated carbocycles. The van der Waals surface area contributed by atoms with E-state index in [4.69, 9.17) is 14.2 Å². The van der Waals surface area contributed by atoms with Gasteiger partial charge in [0.1, 0.15) is 23.7 Å². The van der Waals surface area contributed by atoms with Crippen molar-refractivity contribution < 1.29 is 24.4 Å². The molecule has 0 radical (unpaired) electrons. The molecule has 4 aromatic carbocycles. The monoisotopic (exact) mass is 480 g/mol. The first-order chi connectivity index (χ1) is 17.7. The normalized spacial score (nSPS) is 20.0. The van der Waals surface area contributed by atoms with Crippen LogP contribution in [0, 0.1) is 0 Å². The number of phenolic OH excluding ortho intramolecular Hbond substituents is 2. The number of phenols is 2. The Morgan fingerprint density at radius 3 is 1.33 bits per heavy atom. The number of aromatic hydroxyl groups is 2. The third kappa shape index (κ3) is 4.05. The minimum atomic E-state index is -0.774. The van der Waals surface area contributed by atoms with Crippen LogP contribution in [-0.4, -0.2) is 48.8 Å². The maximum absolute atomic E-state index is 10.9. The standard InChI is InChI=1S/C25H18O2.C6H10O3/c26-23-15-7-5-13-21(23)25(22-14-6-8-16-24(22)27)19-11-3-1-9-17(19)18-10-2-4-12-20(18)25;1(5-3-8-5)7-2-6-4-9-6/h1-16,26-27H;5-6H,1-4H2. The Morgan fingerprint density at radius 1 is 0.583 bits per heavy atom. The zero-order chi connectivity index (χ0) is 24.5. The second-order valence-electron chi connectivity index (χ2n) is 9.32. The number of benzene rings is 4. The molecular formula is C31H28O5. The van der Waals surface area contributed by atoms with E-state index in [0.29, 0.717) is 12.2 Å². The number of epoxide rings is 2. The van der Waals surface area contributed by atoms with Gasteiger partial charge in [0.2, 0.25) is 0 Å². The molecule has 2 atom stereocenters. The minimum Gasteiger partial charge on any atom is -0.508 e. The molecule has 2 unspecified atom stereocenters. The number of rotatable bonds is 6. The van der Waals surface area contributed by atoms with Gasteiger partial charge in [0, 0.05) is 11.1 Å². The van der Waals surface area contributed by atoms with Crippen molar-refractivity contribution in [1.82, 2.24) is 0 Å². The van der Waals surface area contributed by atoms with Crippen LogP contribution in [0.4, 0.5) is 0 Å². The van der Waals surface area contributed by atoms with Crippen LogP contribution in [0.1, 0.15) is 22.3 Å². The molecule has 2 N–H and O–H groups in total. The van der Waals surface area contributed by atoms with Crippen LogP contribution in [0.3, 0.4) is 0 Å². The van der Waals surface area contributed by atoms with Crippen molar-refractivity contribution in [3.05, 3.63) is 119 Å². The maximum atomic E-state index is 10.9. The Morgan fingerprint density at radius 2 is 0.944 bits per heavy atom. The Labute approximate surface area is 210 Å². The predicted molar refractivity (Wildman–Crippen MR) is 137 cm³/mol. The van der Waals surface area contributed by atoms with Crippen molar-refractivity contribution in [3.63, 3.8) is 0 Å². The van der Waals surface area contributed by atoms with Crippen molar-refractivity contribution in [2.75, 3.05) is 26.4 Å². The summed E-state index contributed by atoms with van der Waals surface area (Å²) in [6.07, 6.45) is 0.785. The fourth-order valence-corrected chi connectivity index (χ4v) is 5.20. The molecule has 7 rings (SSSR count).